The Labute approximate surface area is 151 Å². The number of aldehydes is 1. The van der Waals surface area contributed by atoms with E-state index in [-0.39, 0.29) is 30.5 Å². The molecule has 0 saturated carbocycles. The van der Waals surface area contributed by atoms with Crippen LogP contribution in [0.2, 0.25) is 0 Å². The number of ether oxygens (including phenoxy) is 1. The lowest BCUT2D eigenvalue weighted by Crippen LogP contribution is -2.64. The van der Waals surface area contributed by atoms with Gasteiger partial charge in [0.1, 0.15) is 18.5 Å². The molecule has 4 aliphatic heterocycles. The van der Waals surface area contributed by atoms with Gasteiger partial charge in [0.15, 0.2) is 0 Å². The summed E-state index contributed by atoms with van der Waals surface area (Å²) in [4.78, 5) is 26.8. The number of nitrogens with one attached hydrogen (secondary N) is 1. The molecular formula is C20H22N2O4. The van der Waals surface area contributed by atoms with Crippen LogP contribution in [-0.2, 0) is 19.7 Å². The van der Waals surface area contributed by atoms with Crippen LogP contribution in [0.25, 0.3) is 0 Å². The van der Waals surface area contributed by atoms with Gasteiger partial charge in [0, 0.05) is 36.3 Å². The highest BCUT2D eigenvalue weighted by Gasteiger charge is 2.68. The lowest BCUT2D eigenvalue weighted by molar-refractivity contribution is -0.124. The standard InChI is InChI=1S/C20H22N2O4/c1-11-12(9-23)14-7-16-19(8-17(21-16)20(14,25)10-26-11)13-5-3-4-6-15(13)22(2)18(19)24/h3-6,9,14,16-17,21,25H,7-8,10H2,1-2H3/t14-,16-,17-,19-,20-/m0/s1. The number of anilines is 1. The highest BCUT2D eigenvalue weighted by molar-refractivity contribution is 6.08. The number of aliphatic hydroxyl groups is 1. The van der Waals surface area contributed by atoms with Crippen LogP contribution in [0, 0.1) is 5.92 Å². The van der Waals surface area contributed by atoms with Crippen LogP contribution >= 0.6 is 0 Å². The second kappa shape index (κ2) is 4.96. The molecule has 1 aromatic rings. The summed E-state index contributed by atoms with van der Waals surface area (Å²) < 4.78 is 5.64. The average molecular weight is 354 g/mol. The van der Waals surface area contributed by atoms with Gasteiger partial charge in [-0.25, -0.2) is 0 Å². The van der Waals surface area contributed by atoms with Crippen molar-refractivity contribution in [3.8, 4) is 0 Å². The maximum atomic E-state index is 13.3. The Kier molecular flexibility index (Phi) is 3.06. The first-order chi connectivity index (χ1) is 12.4. The van der Waals surface area contributed by atoms with E-state index in [1.54, 1.807) is 11.8 Å². The first-order valence-electron chi connectivity index (χ1n) is 9.08. The minimum absolute atomic E-state index is 0.0650. The summed E-state index contributed by atoms with van der Waals surface area (Å²) in [6, 6.07) is 7.48. The zero-order chi connectivity index (χ0) is 18.3. The zero-order valence-corrected chi connectivity index (χ0v) is 14.9. The smallest absolute Gasteiger partial charge is 0.239 e. The van der Waals surface area contributed by atoms with Gasteiger partial charge in [0.25, 0.3) is 0 Å². The van der Waals surface area contributed by atoms with E-state index in [9.17, 15) is 14.7 Å². The molecule has 136 valence electrons. The van der Waals surface area contributed by atoms with Crippen molar-refractivity contribution >= 4 is 17.9 Å². The summed E-state index contributed by atoms with van der Waals surface area (Å²) in [5, 5.41) is 14.9. The maximum absolute atomic E-state index is 13.3. The average Bonchev–Trinajstić information content (AvgIpc) is 3.09. The SMILES string of the molecule is CC1=C(C=O)[C@@H]2C[C@@H]3N[C@@H](C[C@@]34C(=O)N(C)c3ccccc34)[C@]2(O)CO1. The summed E-state index contributed by atoms with van der Waals surface area (Å²) in [5.74, 6) is 0.339. The van der Waals surface area contributed by atoms with Gasteiger partial charge in [-0.15, -0.1) is 0 Å². The fourth-order valence-corrected chi connectivity index (χ4v) is 5.70. The van der Waals surface area contributed by atoms with Gasteiger partial charge >= 0.3 is 0 Å². The largest absolute Gasteiger partial charge is 0.495 e. The lowest BCUT2D eigenvalue weighted by atomic mass is 9.71. The van der Waals surface area contributed by atoms with Gasteiger partial charge in [-0.2, -0.15) is 0 Å². The molecule has 26 heavy (non-hydrogen) atoms. The molecule has 2 N–H and O–H groups in total. The van der Waals surface area contributed by atoms with Crippen LogP contribution in [0.1, 0.15) is 25.3 Å². The summed E-state index contributed by atoms with van der Waals surface area (Å²) >= 11 is 0. The van der Waals surface area contributed by atoms with E-state index in [1.807, 2.05) is 31.3 Å². The van der Waals surface area contributed by atoms with Gasteiger partial charge in [-0.05, 0) is 31.4 Å². The predicted molar refractivity (Wildman–Crippen MR) is 94.6 cm³/mol. The number of fused-ring (bicyclic) bond motifs is 7. The number of allylic oxidation sites excluding steroid dienone is 1. The molecule has 0 unspecified atom stereocenters. The lowest BCUT2D eigenvalue weighted by Gasteiger charge is -2.47. The minimum Gasteiger partial charge on any atom is -0.495 e. The van der Waals surface area contributed by atoms with E-state index in [1.165, 1.54) is 0 Å². The van der Waals surface area contributed by atoms with E-state index in [0.29, 0.717) is 24.2 Å². The number of benzene rings is 1. The van der Waals surface area contributed by atoms with Crippen molar-refractivity contribution in [2.45, 2.75) is 42.9 Å². The normalized spacial score (nSPS) is 40.5. The fourth-order valence-electron chi connectivity index (χ4n) is 5.70. The molecule has 0 radical (unpaired) electrons. The molecule has 2 bridgehead atoms. The number of hydrogen-bond acceptors (Lipinski definition) is 5. The number of para-hydroxylation sites is 1. The van der Waals surface area contributed by atoms with E-state index in [0.717, 1.165) is 17.5 Å². The Hall–Kier alpha value is -2.18. The topological polar surface area (TPSA) is 78.9 Å². The Balaban J connectivity index is 1.66. The highest BCUT2D eigenvalue weighted by atomic mass is 16.5. The van der Waals surface area contributed by atoms with Gasteiger partial charge in [0.2, 0.25) is 5.91 Å². The molecule has 1 aromatic carbocycles. The Morgan fingerprint density at radius 1 is 1.35 bits per heavy atom. The highest BCUT2D eigenvalue weighted by Crippen LogP contribution is 2.57. The van der Waals surface area contributed by atoms with Gasteiger partial charge in [-0.3, -0.25) is 9.59 Å². The number of nitrogens with zero attached hydrogens (tertiary/aromatic N) is 1. The Morgan fingerprint density at radius 3 is 2.88 bits per heavy atom. The summed E-state index contributed by atoms with van der Waals surface area (Å²) in [7, 11) is 1.81. The summed E-state index contributed by atoms with van der Waals surface area (Å²) in [6.45, 7) is 1.92. The molecule has 5 atom stereocenters. The summed E-state index contributed by atoms with van der Waals surface area (Å²) in [6.07, 6.45) is 1.85. The van der Waals surface area contributed by atoms with Crippen LogP contribution in [0.4, 0.5) is 5.69 Å². The van der Waals surface area contributed by atoms with Crippen molar-refractivity contribution in [3.05, 3.63) is 41.2 Å². The fraction of sp³-hybridized carbons (Fsp3) is 0.500. The quantitative estimate of drug-likeness (QED) is 0.732. The Morgan fingerprint density at radius 2 is 2.12 bits per heavy atom. The first kappa shape index (κ1) is 16.0. The second-order valence-corrected chi connectivity index (χ2v) is 8.03. The van der Waals surface area contributed by atoms with E-state index in [2.05, 4.69) is 5.32 Å². The van der Waals surface area contributed by atoms with Crippen molar-refractivity contribution in [3.63, 3.8) is 0 Å². The van der Waals surface area contributed by atoms with Crippen LogP contribution in [0.15, 0.2) is 35.6 Å². The van der Waals surface area contributed by atoms with Crippen molar-refractivity contribution in [1.82, 2.24) is 5.32 Å². The van der Waals surface area contributed by atoms with Gasteiger partial charge < -0.3 is 20.1 Å². The minimum atomic E-state index is -1.17. The molecule has 6 nitrogen and oxygen atoms in total. The maximum Gasteiger partial charge on any atom is 0.239 e. The predicted octanol–water partition coefficient (Wildman–Crippen LogP) is 0.885. The third-order valence-electron chi connectivity index (χ3n) is 7.06. The van der Waals surface area contributed by atoms with Gasteiger partial charge in [0.05, 0.1) is 11.2 Å². The molecule has 2 fully saturated rings. The molecule has 1 amide bonds. The molecule has 2 saturated heterocycles. The van der Waals surface area contributed by atoms with E-state index in [4.69, 9.17) is 4.74 Å². The van der Waals surface area contributed by atoms with Gasteiger partial charge in [-0.1, -0.05) is 18.2 Å². The van der Waals surface area contributed by atoms with Crippen molar-refractivity contribution < 1.29 is 19.4 Å². The second-order valence-electron chi connectivity index (χ2n) is 8.03. The number of rotatable bonds is 1. The van der Waals surface area contributed by atoms with Crippen LogP contribution < -0.4 is 10.2 Å². The van der Waals surface area contributed by atoms with Crippen LogP contribution in [0.5, 0.6) is 0 Å². The summed E-state index contributed by atoms with van der Waals surface area (Å²) in [5.41, 5.74) is 0.612. The number of likely N-dealkylation sites (N-methyl/N-ethyl adjacent to an activating group) is 1. The number of carbonyl (C=O) groups is 2. The zero-order valence-electron chi connectivity index (χ0n) is 14.9. The van der Waals surface area contributed by atoms with E-state index >= 15 is 0 Å². The first-order valence-corrected chi connectivity index (χ1v) is 9.08. The number of amides is 1. The third-order valence-corrected chi connectivity index (χ3v) is 7.06. The van der Waals surface area contributed by atoms with Crippen molar-refractivity contribution in [2.75, 3.05) is 18.6 Å². The number of carbonyl (C=O) groups excluding carboxylic acids is 2. The monoisotopic (exact) mass is 354 g/mol. The molecule has 0 aromatic heterocycles. The van der Waals surface area contributed by atoms with E-state index < -0.39 is 11.0 Å². The van der Waals surface area contributed by atoms with Crippen LogP contribution in [-0.4, -0.2) is 48.6 Å². The molecule has 4 aliphatic rings. The van der Waals surface area contributed by atoms with Crippen molar-refractivity contribution in [2.24, 2.45) is 5.92 Å². The number of hydrogen-bond donors (Lipinski definition) is 2. The third kappa shape index (κ3) is 1.65. The molecular weight excluding hydrogens is 332 g/mol. The van der Waals surface area contributed by atoms with Crippen LogP contribution in [0.3, 0.4) is 0 Å². The molecule has 1 spiro atoms. The molecule has 5 rings (SSSR count). The molecule has 6 heteroatoms. The molecule has 4 heterocycles. The Bertz CT molecular complexity index is 865. The number of piperidine rings is 1. The molecule has 0 aliphatic carbocycles. The van der Waals surface area contributed by atoms with Crippen molar-refractivity contribution in [1.29, 1.82) is 0 Å².